The molecule has 0 radical (unpaired) electrons. The number of hydrogen-bond acceptors (Lipinski definition) is 3. The Hall–Kier alpha value is -1.06. The Morgan fingerprint density at radius 1 is 1.32 bits per heavy atom. The van der Waals surface area contributed by atoms with Gasteiger partial charge in [-0.3, -0.25) is 0 Å². The van der Waals surface area contributed by atoms with Crippen LogP contribution in [0, 0.1) is 5.92 Å². The van der Waals surface area contributed by atoms with E-state index in [2.05, 4.69) is 48.3 Å². The van der Waals surface area contributed by atoms with Gasteiger partial charge in [0.1, 0.15) is 0 Å². The minimum absolute atomic E-state index is 0.544. The molecule has 0 saturated carbocycles. The van der Waals surface area contributed by atoms with E-state index in [0.717, 1.165) is 32.7 Å². The van der Waals surface area contributed by atoms with E-state index in [0.29, 0.717) is 18.0 Å². The summed E-state index contributed by atoms with van der Waals surface area (Å²) in [6, 6.07) is 9.89. The minimum Gasteiger partial charge on any atom is -0.379 e. The number of anilines is 1. The Morgan fingerprint density at radius 3 is 2.89 bits per heavy atom. The van der Waals surface area contributed by atoms with Gasteiger partial charge in [0.2, 0.25) is 0 Å². The van der Waals surface area contributed by atoms with Gasteiger partial charge in [0.15, 0.2) is 0 Å². The molecule has 104 valence electrons. The Labute approximate surface area is 115 Å². The van der Waals surface area contributed by atoms with Crippen LogP contribution < -0.4 is 10.2 Å². The maximum Gasteiger partial charge on any atom is 0.0670 e. The first-order chi connectivity index (χ1) is 9.25. The molecule has 0 aromatic heterocycles. The predicted molar refractivity (Wildman–Crippen MR) is 78.5 cm³/mol. The van der Waals surface area contributed by atoms with Crippen molar-refractivity contribution < 1.29 is 4.74 Å². The van der Waals surface area contributed by atoms with Gasteiger partial charge < -0.3 is 15.0 Å². The molecule has 1 saturated heterocycles. The van der Waals surface area contributed by atoms with Crippen molar-refractivity contribution in [3.63, 3.8) is 0 Å². The molecule has 2 atom stereocenters. The molecule has 1 fully saturated rings. The van der Waals surface area contributed by atoms with Crippen molar-refractivity contribution in [3.05, 3.63) is 29.8 Å². The van der Waals surface area contributed by atoms with Gasteiger partial charge in [-0.1, -0.05) is 32.0 Å². The zero-order chi connectivity index (χ0) is 13.2. The third kappa shape index (κ3) is 2.63. The fourth-order valence-corrected chi connectivity index (χ4v) is 3.12. The van der Waals surface area contributed by atoms with Crippen molar-refractivity contribution in [1.82, 2.24) is 5.32 Å². The Morgan fingerprint density at radius 2 is 2.16 bits per heavy atom. The topological polar surface area (TPSA) is 24.5 Å². The predicted octanol–water partition coefficient (Wildman–Crippen LogP) is 2.41. The van der Waals surface area contributed by atoms with E-state index >= 15 is 0 Å². The van der Waals surface area contributed by atoms with Crippen LogP contribution in [0.3, 0.4) is 0 Å². The highest BCUT2D eigenvalue weighted by Gasteiger charge is 2.30. The summed E-state index contributed by atoms with van der Waals surface area (Å²) in [5.74, 6) is 0.652. The number of benzene rings is 1. The van der Waals surface area contributed by atoms with Crippen molar-refractivity contribution in [2.45, 2.75) is 38.9 Å². The number of nitrogens with zero attached hydrogens (tertiary/aromatic N) is 1. The second-order valence-electron chi connectivity index (χ2n) is 6.03. The summed E-state index contributed by atoms with van der Waals surface area (Å²) in [6.45, 7) is 8.45. The van der Waals surface area contributed by atoms with Crippen LogP contribution in [-0.2, 0) is 11.3 Å². The lowest BCUT2D eigenvalue weighted by Gasteiger charge is -2.33. The van der Waals surface area contributed by atoms with Crippen LogP contribution in [0.5, 0.6) is 0 Å². The molecule has 3 nitrogen and oxygen atoms in total. The van der Waals surface area contributed by atoms with Crippen molar-refractivity contribution in [3.8, 4) is 0 Å². The Kier molecular flexibility index (Phi) is 3.76. The molecule has 19 heavy (non-hydrogen) atoms. The number of hydrogen-bond donors (Lipinski definition) is 1. The number of nitrogens with one attached hydrogen (secondary N) is 1. The fourth-order valence-electron chi connectivity index (χ4n) is 3.12. The molecule has 1 aromatic carbocycles. The van der Waals surface area contributed by atoms with Crippen LogP contribution in [0.4, 0.5) is 5.69 Å². The fraction of sp³-hybridized carbons (Fsp3) is 0.625. The quantitative estimate of drug-likeness (QED) is 0.884. The molecular weight excluding hydrogens is 236 g/mol. The number of rotatable bonds is 2. The third-order valence-corrected chi connectivity index (χ3v) is 4.40. The summed E-state index contributed by atoms with van der Waals surface area (Å²) >= 11 is 0. The molecule has 2 heterocycles. The summed E-state index contributed by atoms with van der Waals surface area (Å²) in [6.07, 6.45) is 1.15. The van der Waals surface area contributed by atoms with Crippen molar-refractivity contribution in [1.29, 1.82) is 0 Å². The van der Waals surface area contributed by atoms with Crippen molar-refractivity contribution >= 4 is 5.69 Å². The maximum atomic E-state index is 5.60. The molecular formula is C16H24N2O. The lowest BCUT2D eigenvalue weighted by molar-refractivity contribution is 0.192. The molecule has 0 spiro atoms. The summed E-state index contributed by atoms with van der Waals surface area (Å²) in [5, 5.41) is 3.71. The molecule has 2 unspecified atom stereocenters. The average molecular weight is 260 g/mol. The Bertz CT molecular complexity index is 427. The van der Waals surface area contributed by atoms with Crippen LogP contribution in [0.25, 0.3) is 0 Å². The van der Waals surface area contributed by atoms with Crippen LogP contribution in [0.15, 0.2) is 24.3 Å². The van der Waals surface area contributed by atoms with Gasteiger partial charge in [0, 0.05) is 31.4 Å². The van der Waals surface area contributed by atoms with Gasteiger partial charge in [-0.2, -0.15) is 0 Å². The maximum absolute atomic E-state index is 5.60. The first-order valence-corrected chi connectivity index (χ1v) is 7.41. The van der Waals surface area contributed by atoms with Gasteiger partial charge in [0.25, 0.3) is 0 Å². The highest BCUT2D eigenvalue weighted by atomic mass is 16.5. The summed E-state index contributed by atoms with van der Waals surface area (Å²) in [7, 11) is 0. The van der Waals surface area contributed by atoms with E-state index in [1.54, 1.807) is 0 Å². The number of para-hydroxylation sites is 1. The van der Waals surface area contributed by atoms with E-state index in [1.165, 1.54) is 11.3 Å². The van der Waals surface area contributed by atoms with Crippen LogP contribution in [-0.4, -0.2) is 31.8 Å². The molecule has 0 amide bonds. The largest absolute Gasteiger partial charge is 0.379 e. The van der Waals surface area contributed by atoms with Gasteiger partial charge in [-0.15, -0.1) is 0 Å². The van der Waals surface area contributed by atoms with E-state index in [9.17, 15) is 0 Å². The van der Waals surface area contributed by atoms with E-state index < -0.39 is 0 Å². The second kappa shape index (κ2) is 5.51. The molecule has 2 aliphatic rings. The van der Waals surface area contributed by atoms with E-state index in [1.807, 2.05) is 0 Å². The standard InChI is InChI=1S/C16H24N2O/c1-12(2)15-10-18(14-7-8-19-11-14)16-6-4-3-5-13(16)9-17-15/h3-6,12,14-15,17H,7-11H2,1-2H3. The van der Waals surface area contributed by atoms with Crippen molar-refractivity contribution in [2.24, 2.45) is 5.92 Å². The second-order valence-corrected chi connectivity index (χ2v) is 6.03. The molecule has 1 aromatic rings. The van der Waals surface area contributed by atoms with Gasteiger partial charge in [0.05, 0.1) is 12.6 Å². The summed E-state index contributed by atoms with van der Waals surface area (Å²) < 4.78 is 5.60. The zero-order valence-electron chi connectivity index (χ0n) is 11.9. The van der Waals surface area contributed by atoms with E-state index in [-0.39, 0.29) is 0 Å². The zero-order valence-corrected chi connectivity index (χ0v) is 11.9. The van der Waals surface area contributed by atoms with Crippen LogP contribution in [0.1, 0.15) is 25.8 Å². The van der Waals surface area contributed by atoms with Crippen LogP contribution in [0.2, 0.25) is 0 Å². The highest BCUT2D eigenvalue weighted by Crippen LogP contribution is 2.29. The van der Waals surface area contributed by atoms with Crippen molar-refractivity contribution in [2.75, 3.05) is 24.7 Å². The van der Waals surface area contributed by atoms with Crippen LogP contribution >= 0.6 is 0 Å². The average Bonchev–Trinajstić information content (AvgIpc) is 2.86. The minimum atomic E-state index is 0.544. The number of fused-ring (bicyclic) bond motifs is 1. The van der Waals surface area contributed by atoms with Gasteiger partial charge >= 0.3 is 0 Å². The van der Waals surface area contributed by atoms with Gasteiger partial charge in [-0.05, 0) is 24.0 Å². The molecule has 0 bridgehead atoms. The first-order valence-electron chi connectivity index (χ1n) is 7.41. The lowest BCUT2D eigenvalue weighted by Crippen LogP contribution is -2.46. The third-order valence-electron chi connectivity index (χ3n) is 4.40. The molecule has 1 N–H and O–H groups in total. The Balaban J connectivity index is 1.91. The lowest BCUT2D eigenvalue weighted by atomic mass is 10.0. The van der Waals surface area contributed by atoms with Gasteiger partial charge in [-0.25, -0.2) is 0 Å². The highest BCUT2D eigenvalue weighted by molar-refractivity contribution is 5.55. The smallest absolute Gasteiger partial charge is 0.0670 e. The first kappa shape index (κ1) is 12.9. The monoisotopic (exact) mass is 260 g/mol. The summed E-state index contributed by atoms with van der Waals surface area (Å²) in [4.78, 5) is 2.58. The number of ether oxygens (including phenoxy) is 1. The molecule has 0 aliphatic carbocycles. The SMILES string of the molecule is CC(C)C1CN(C2CCOC2)c2ccccc2CN1. The normalized spacial score (nSPS) is 27.4. The molecule has 2 aliphatic heterocycles. The summed E-state index contributed by atoms with van der Waals surface area (Å²) in [5.41, 5.74) is 2.81. The molecule has 3 heteroatoms. The van der Waals surface area contributed by atoms with E-state index in [4.69, 9.17) is 4.74 Å². The molecule has 3 rings (SSSR count).